The van der Waals surface area contributed by atoms with E-state index in [1.165, 1.54) is 32.7 Å². The highest BCUT2D eigenvalue weighted by Crippen LogP contribution is 2.40. The summed E-state index contributed by atoms with van der Waals surface area (Å²) in [5.41, 5.74) is 1.42. The van der Waals surface area contributed by atoms with Gasteiger partial charge in [-0.05, 0) is 36.4 Å². The van der Waals surface area contributed by atoms with Crippen LogP contribution in [0.2, 0.25) is 0 Å². The van der Waals surface area contributed by atoms with Crippen LogP contribution in [0.5, 0.6) is 23.0 Å². The van der Waals surface area contributed by atoms with Gasteiger partial charge in [-0.3, -0.25) is 4.79 Å². The van der Waals surface area contributed by atoms with E-state index in [4.69, 9.17) is 18.9 Å². The van der Waals surface area contributed by atoms with E-state index >= 15 is 0 Å². The van der Waals surface area contributed by atoms with Crippen LogP contribution in [0.1, 0.15) is 15.2 Å². The molecule has 0 spiro atoms. The SMILES string of the molecule is COc1ccccc1-c1ccc(C(=O)c2cc(OC)c(OC)c(OC)c2)s1. The third-order valence-corrected chi connectivity index (χ3v) is 5.25. The molecular weight excluding hydrogens is 364 g/mol. The molecule has 0 fully saturated rings. The Bertz CT molecular complexity index is 936. The lowest BCUT2D eigenvalue weighted by atomic mass is 10.1. The quantitative estimate of drug-likeness (QED) is 0.554. The second-order valence-electron chi connectivity index (χ2n) is 5.61. The van der Waals surface area contributed by atoms with Gasteiger partial charge in [0.25, 0.3) is 0 Å². The van der Waals surface area contributed by atoms with E-state index in [0.29, 0.717) is 27.7 Å². The number of ether oxygens (including phenoxy) is 4. The van der Waals surface area contributed by atoms with E-state index in [9.17, 15) is 4.79 Å². The van der Waals surface area contributed by atoms with E-state index in [0.717, 1.165) is 16.2 Å². The van der Waals surface area contributed by atoms with Gasteiger partial charge in [-0.15, -0.1) is 11.3 Å². The molecule has 27 heavy (non-hydrogen) atoms. The zero-order valence-corrected chi connectivity index (χ0v) is 16.4. The van der Waals surface area contributed by atoms with Crippen LogP contribution in [-0.2, 0) is 0 Å². The Morgan fingerprint density at radius 3 is 2.00 bits per heavy atom. The molecule has 0 unspecified atom stereocenters. The Hall–Kier alpha value is -2.99. The van der Waals surface area contributed by atoms with E-state index in [1.54, 1.807) is 19.2 Å². The van der Waals surface area contributed by atoms with Crippen molar-refractivity contribution in [3.63, 3.8) is 0 Å². The number of para-hydroxylation sites is 1. The zero-order valence-electron chi connectivity index (χ0n) is 15.6. The highest BCUT2D eigenvalue weighted by Gasteiger charge is 2.20. The van der Waals surface area contributed by atoms with Crippen molar-refractivity contribution >= 4 is 17.1 Å². The minimum Gasteiger partial charge on any atom is -0.496 e. The molecule has 0 saturated heterocycles. The summed E-state index contributed by atoms with van der Waals surface area (Å²) in [6, 6.07) is 14.8. The maximum Gasteiger partial charge on any atom is 0.203 e. The molecule has 0 aliphatic heterocycles. The molecule has 6 heteroatoms. The van der Waals surface area contributed by atoms with Crippen molar-refractivity contribution in [2.24, 2.45) is 0 Å². The van der Waals surface area contributed by atoms with Crippen LogP contribution < -0.4 is 18.9 Å². The number of hydrogen-bond donors (Lipinski definition) is 0. The predicted octanol–water partition coefficient (Wildman–Crippen LogP) is 4.68. The van der Waals surface area contributed by atoms with Crippen LogP contribution >= 0.6 is 11.3 Å². The van der Waals surface area contributed by atoms with Gasteiger partial charge in [0.05, 0.1) is 33.3 Å². The van der Waals surface area contributed by atoms with Crippen LogP contribution in [0.15, 0.2) is 48.5 Å². The first kappa shape index (κ1) is 18.8. The fraction of sp³-hybridized carbons (Fsp3) is 0.190. The van der Waals surface area contributed by atoms with Crippen molar-refractivity contribution in [2.75, 3.05) is 28.4 Å². The summed E-state index contributed by atoms with van der Waals surface area (Å²) in [5.74, 6) is 2.01. The monoisotopic (exact) mass is 384 g/mol. The number of hydrogen-bond acceptors (Lipinski definition) is 6. The average Bonchev–Trinajstić information content (AvgIpc) is 3.21. The number of carbonyl (C=O) groups excluding carboxylic acids is 1. The van der Waals surface area contributed by atoms with Gasteiger partial charge in [0.1, 0.15) is 5.75 Å². The molecular formula is C21H20O5S. The third-order valence-electron chi connectivity index (χ3n) is 4.13. The summed E-state index contributed by atoms with van der Waals surface area (Å²) >= 11 is 1.41. The molecule has 0 radical (unpaired) electrons. The standard InChI is InChI=1S/C21H20O5S/c1-23-15-8-6-5-7-14(15)18-9-10-19(27-18)20(22)13-11-16(24-2)21(26-4)17(12-13)25-3/h5-12H,1-4H3. The summed E-state index contributed by atoms with van der Waals surface area (Å²) < 4.78 is 21.4. The van der Waals surface area contributed by atoms with E-state index < -0.39 is 0 Å². The molecule has 0 saturated carbocycles. The summed E-state index contributed by atoms with van der Waals surface area (Å²) in [5, 5.41) is 0. The van der Waals surface area contributed by atoms with Gasteiger partial charge in [0.15, 0.2) is 11.5 Å². The number of methoxy groups -OCH3 is 4. The maximum atomic E-state index is 13.0. The van der Waals surface area contributed by atoms with Crippen molar-refractivity contribution in [3.8, 4) is 33.4 Å². The fourth-order valence-corrected chi connectivity index (χ4v) is 3.81. The predicted molar refractivity (Wildman–Crippen MR) is 106 cm³/mol. The highest BCUT2D eigenvalue weighted by atomic mass is 32.1. The van der Waals surface area contributed by atoms with Crippen molar-refractivity contribution in [1.82, 2.24) is 0 Å². The zero-order chi connectivity index (χ0) is 19.4. The third kappa shape index (κ3) is 3.61. The minimum absolute atomic E-state index is 0.111. The summed E-state index contributed by atoms with van der Waals surface area (Å²) in [4.78, 5) is 14.6. The molecule has 2 aromatic carbocycles. The summed E-state index contributed by atoms with van der Waals surface area (Å²) in [7, 11) is 6.21. The molecule has 0 amide bonds. The van der Waals surface area contributed by atoms with Crippen LogP contribution in [0, 0.1) is 0 Å². The molecule has 3 rings (SSSR count). The normalized spacial score (nSPS) is 10.4. The van der Waals surface area contributed by atoms with Crippen LogP contribution in [0.25, 0.3) is 10.4 Å². The van der Waals surface area contributed by atoms with Gasteiger partial charge in [0.2, 0.25) is 11.5 Å². The lowest BCUT2D eigenvalue weighted by Gasteiger charge is -2.13. The van der Waals surface area contributed by atoms with Crippen molar-refractivity contribution in [3.05, 3.63) is 59.0 Å². The smallest absolute Gasteiger partial charge is 0.203 e. The fourth-order valence-electron chi connectivity index (χ4n) is 2.81. The van der Waals surface area contributed by atoms with E-state index in [1.807, 2.05) is 36.4 Å². The second kappa shape index (κ2) is 8.14. The molecule has 1 heterocycles. The molecule has 0 atom stereocenters. The van der Waals surface area contributed by atoms with Crippen molar-refractivity contribution in [2.45, 2.75) is 0 Å². The molecule has 0 N–H and O–H groups in total. The molecule has 140 valence electrons. The summed E-state index contributed by atoms with van der Waals surface area (Å²) in [6.07, 6.45) is 0. The van der Waals surface area contributed by atoms with Gasteiger partial charge in [-0.25, -0.2) is 0 Å². The lowest BCUT2D eigenvalue weighted by Crippen LogP contribution is -2.02. The number of ketones is 1. The van der Waals surface area contributed by atoms with E-state index in [2.05, 4.69) is 0 Å². The number of rotatable bonds is 7. The van der Waals surface area contributed by atoms with Crippen LogP contribution in [0.4, 0.5) is 0 Å². The first-order chi connectivity index (χ1) is 13.1. The van der Waals surface area contributed by atoms with Crippen LogP contribution in [-0.4, -0.2) is 34.2 Å². The maximum absolute atomic E-state index is 13.0. The Balaban J connectivity index is 1.99. The average molecular weight is 384 g/mol. The molecule has 0 aliphatic rings. The van der Waals surface area contributed by atoms with Crippen molar-refractivity contribution in [1.29, 1.82) is 0 Å². The molecule has 1 aromatic heterocycles. The Labute approximate surface area is 162 Å². The molecule has 3 aromatic rings. The van der Waals surface area contributed by atoms with Crippen molar-refractivity contribution < 1.29 is 23.7 Å². The van der Waals surface area contributed by atoms with Gasteiger partial charge >= 0.3 is 0 Å². The first-order valence-electron chi connectivity index (χ1n) is 8.20. The topological polar surface area (TPSA) is 54.0 Å². The summed E-state index contributed by atoms with van der Waals surface area (Å²) in [6.45, 7) is 0. The van der Waals surface area contributed by atoms with Gasteiger partial charge in [0, 0.05) is 16.0 Å². The number of benzene rings is 2. The molecule has 0 aliphatic carbocycles. The van der Waals surface area contributed by atoms with E-state index in [-0.39, 0.29) is 5.78 Å². The largest absolute Gasteiger partial charge is 0.496 e. The first-order valence-corrected chi connectivity index (χ1v) is 9.02. The van der Waals surface area contributed by atoms with Gasteiger partial charge in [-0.1, -0.05) is 12.1 Å². The second-order valence-corrected chi connectivity index (χ2v) is 6.69. The highest BCUT2D eigenvalue weighted by molar-refractivity contribution is 7.17. The van der Waals surface area contributed by atoms with Gasteiger partial charge in [-0.2, -0.15) is 0 Å². The molecule has 0 bridgehead atoms. The lowest BCUT2D eigenvalue weighted by molar-refractivity contribution is 0.104. The Kier molecular flexibility index (Phi) is 5.66. The van der Waals surface area contributed by atoms with Crippen LogP contribution in [0.3, 0.4) is 0 Å². The number of thiophene rings is 1. The number of carbonyl (C=O) groups is 1. The van der Waals surface area contributed by atoms with Gasteiger partial charge < -0.3 is 18.9 Å². The Morgan fingerprint density at radius 2 is 1.41 bits per heavy atom. The molecule has 5 nitrogen and oxygen atoms in total. The minimum atomic E-state index is -0.111. The Morgan fingerprint density at radius 1 is 0.778 bits per heavy atom.